The molecule has 0 aliphatic rings. The molecule has 1 aromatic rings. The molecule has 0 fully saturated rings. The van der Waals surface area contributed by atoms with Crippen LogP contribution < -0.4 is 5.32 Å². The molecule has 0 saturated carbocycles. The van der Waals surface area contributed by atoms with Crippen molar-refractivity contribution in [2.45, 2.75) is 41.2 Å². The highest BCUT2D eigenvalue weighted by Gasteiger charge is 2.15. The average molecular weight is 230 g/mol. The lowest BCUT2D eigenvalue weighted by Crippen LogP contribution is -2.28. The van der Waals surface area contributed by atoms with E-state index in [1.165, 1.54) is 22.3 Å². The van der Waals surface area contributed by atoms with E-state index < -0.39 is 0 Å². The number of nitriles is 1. The van der Waals surface area contributed by atoms with Gasteiger partial charge in [-0.25, -0.2) is 0 Å². The number of nitrogens with zero attached hydrogens (tertiary/aromatic N) is 1. The Morgan fingerprint density at radius 1 is 1.18 bits per heavy atom. The van der Waals surface area contributed by atoms with Gasteiger partial charge in [0.2, 0.25) is 0 Å². The fraction of sp³-hybridized carbons (Fsp3) is 0.533. The molecular formula is C15H22N2. The molecule has 0 heterocycles. The normalized spacial score (nSPS) is 11.3. The molecule has 2 heteroatoms. The summed E-state index contributed by atoms with van der Waals surface area (Å²) in [6, 6.07) is 6.63. The molecule has 0 aliphatic carbocycles. The predicted molar refractivity (Wildman–Crippen MR) is 71.8 cm³/mol. The van der Waals surface area contributed by atoms with Crippen LogP contribution in [-0.4, -0.2) is 6.54 Å². The molecule has 0 unspecified atom stereocenters. The van der Waals surface area contributed by atoms with Crippen LogP contribution in [0, 0.1) is 37.5 Å². The molecule has 0 atom stereocenters. The third-order valence-corrected chi connectivity index (χ3v) is 3.36. The fourth-order valence-corrected chi connectivity index (χ4v) is 1.75. The van der Waals surface area contributed by atoms with Gasteiger partial charge in [-0.05, 0) is 56.9 Å². The van der Waals surface area contributed by atoms with Crippen LogP contribution in [-0.2, 0) is 6.54 Å². The average Bonchev–Trinajstić information content (AvgIpc) is 2.29. The minimum Gasteiger partial charge on any atom is -0.311 e. The zero-order valence-corrected chi connectivity index (χ0v) is 11.5. The number of rotatable bonds is 4. The van der Waals surface area contributed by atoms with E-state index in [0.717, 1.165) is 13.1 Å². The van der Waals surface area contributed by atoms with E-state index in [-0.39, 0.29) is 5.41 Å². The smallest absolute Gasteiger partial charge is 0.0697 e. The largest absolute Gasteiger partial charge is 0.311 e. The van der Waals surface area contributed by atoms with Crippen molar-refractivity contribution in [2.75, 3.05) is 6.54 Å². The SMILES string of the molecule is Cc1ccc(CNCC(C)(C)C#N)c(C)c1C. The Bertz CT molecular complexity index is 439. The summed E-state index contributed by atoms with van der Waals surface area (Å²) < 4.78 is 0. The Morgan fingerprint density at radius 2 is 1.82 bits per heavy atom. The maximum absolute atomic E-state index is 8.94. The first-order valence-electron chi connectivity index (χ1n) is 6.05. The molecule has 0 spiro atoms. The lowest BCUT2D eigenvalue weighted by Gasteiger charge is -2.17. The second-order valence-electron chi connectivity index (χ2n) is 5.39. The van der Waals surface area contributed by atoms with Crippen molar-refractivity contribution in [3.63, 3.8) is 0 Å². The molecule has 0 aliphatic heterocycles. The Hall–Kier alpha value is -1.33. The van der Waals surface area contributed by atoms with Crippen LogP contribution in [0.1, 0.15) is 36.1 Å². The van der Waals surface area contributed by atoms with Gasteiger partial charge in [0.25, 0.3) is 0 Å². The Kier molecular flexibility index (Phi) is 4.31. The highest BCUT2D eigenvalue weighted by molar-refractivity contribution is 5.38. The molecular weight excluding hydrogens is 208 g/mol. The fourth-order valence-electron chi connectivity index (χ4n) is 1.75. The van der Waals surface area contributed by atoms with Crippen LogP contribution >= 0.6 is 0 Å². The van der Waals surface area contributed by atoms with Crippen LogP contribution in [0.4, 0.5) is 0 Å². The first kappa shape index (κ1) is 13.7. The Morgan fingerprint density at radius 3 is 2.41 bits per heavy atom. The van der Waals surface area contributed by atoms with Gasteiger partial charge in [0.05, 0.1) is 11.5 Å². The number of aryl methyl sites for hydroxylation is 1. The first-order chi connectivity index (χ1) is 7.87. The highest BCUT2D eigenvalue weighted by atomic mass is 14.9. The topological polar surface area (TPSA) is 35.8 Å². The third-order valence-electron chi connectivity index (χ3n) is 3.36. The summed E-state index contributed by atoms with van der Waals surface area (Å²) in [4.78, 5) is 0. The second-order valence-corrected chi connectivity index (χ2v) is 5.39. The zero-order valence-electron chi connectivity index (χ0n) is 11.5. The molecule has 92 valence electrons. The standard InChI is InChI=1S/C15H22N2/c1-11-6-7-14(13(3)12(11)2)8-17-10-15(4,5)9-16/h6-7,17H,8,10H2,1-5H3. The lowest BCUT2D eigenvalue weighted by atomic mass is 9.95. The summed E-state index contributed by atoms with van der Waals surface area (Å²) >= 11 is 0. The Balaban J connectivity index is 2.66. The Labute approximate surface area is 105 Å². The number of hydrogen-bond acceptors (Lipinski definition) is 2. The van der Waals surface area contributed by atoms with Crippen molar-refractivity contribution in [3.8, 4) is 6.07 Å². The van der Waals surface area contributed by atoms with Crippen molar-refractivity contribution in [1.29, 1.82) is 5.26 Å². The van der Waals surface area contributed by atoms with Gasteiger partial charge >= 0.3 is 0 Å². The maximum atomic E-state index is 8.94. The van der Waals surface area contributed by atoms with E-state index in [0.29, 0.717) is 0 Å². The van der Waals surface area contributed by atoms with E-state index in [1.807, 2.05) is 13.8 Å². The van der Waals surface area contributed by atoms with Crippen molar-refractivity contribution >= 4 is 0 Å². The summed E-state index contributed by atoms with van der Waals surface area (Å²) in [5.74, 6) is 0. The monoisotopic (exact) mass is 230 g/mol. The van der Waals surface area contributed by atoms with Gasteiger partial charge in [-0.2, -0.15) is 5.26 Å². The van der Waals surface area contributed by atoms with Gasteiger partial charge in [-0.15, -0.1) is 0 Å². The molecule has 1 rings (SSSR count). The van der Waals surface area contributed by atoms with Gasteiger partial charge < -0.3 is 5.32 Å². The van der Waals surface area contributed by atoms with Crippen LogP contribution in [0.15, 0.2) is 12.1 Å². The number of hydrogen-bond donors (Lipinski definition) is 1. The molecule has 0 aromatic heterocycles. The summed E-state index contributed by atoms with van der Waals surface area (Å²) in [5.41, 5.74) is 5.08. The summed E-state index contributed by atoms with van der Waals surface area (Å²) in [6.45, 7) is 11.9. The summed E-state index contributed by atoms with van der Waals surface area (Å²) in [6.07, 6.45) is 0. The van der Waals surface area contributed by atoms with Gasteiger partial charge in [0, 0.05) is 13.1 Å². The van der Waals surface area contributed by atoms with Crippen LogP contribution in [0.25, 0.3) is 0 Å². The molecule has 0 saturated heterocycles. The number of benzene rings is 1. The van der Waals surface area contributed by atoms with Gasteiger partial charge in [0.15, 0.2) is 0 Å². The van der Waals surface area contributed by atoms with Crippen LogP contribution in [0.2, 0.25) is 0 Å². The van der Waals surface area contributed by atoms with E-state index in [2.05, 4.69) is 44.3 Å². The van der Waals surface area contributed by atoms with Crippen LogP contribution in [0.5, 0.6) is 0 Å². The summed E-state index contributed by atoms with van der Waals surface area (Å²) in [7, 11) is 0. The lowest BCUT2D eigenvalue weighted by molar-refractivity contribution is 0.444. The minimum atomic E-state index is -0.298. The zero-order chi connectivity index (χ0) is 13.1. The van der Waals surface area contributed by atoms with Gasteiger partial charge in [-0.3, -0.25) is 0 Å². The van der Waals surface area contributed by atoms with Crippen LogP contribution in [0.3, 0.4) is 0 Å². The van der Waals surface area contributed by atoms with Gasteiger partial charge in [0.1, 0.15) is 0 Å². The van der Waals surface area contributed by atoms with Crippen molar-refractivity contribution in [3.05, 3.63) is 34.4 Å². The minimum absolute atomic E-state index is 0.298. The molecule has 1 N–H and O–H groups in total. The van der Waals surface area contributed by atoms with Crippen molar-refractivity contribution in [1.82, 2.24) is 5.32 Å². The van der Waals surface area contributed by atoms with Gasteiger partial charge in [-0.1, -0.05) is 12.1 Å². The first-order valence-corrected chi connectivity index (χ1v) is 6.05. The molecule has 0 radical (unpaired) electrons. The predicted octanol–water partition coefficient (Wildman–Crippen LogP) is 3.25. The van der Waals surface area contributed by atoms with E-state index in [1.54, 1.807) is 0 Å². The maximum Gasteiger partial charge on any atom is 0.0697 e. The molecule has 0 amide bonds. The molecule has 1 aromatic carbocycles. The van der Waals surface area contributed by atoms with Crippen molar-refractivity contribution < 1.29 is 0 Å². The quantitative estimate of drug-likeness (QED) is 0.862. The van der Waals surface area contributed by atoms with E-state index >= 15 is 0 Å². The summed E-state index contributed by atoms with van der Waals surface area (Å²) in [5, 5.41) is 12.3. The molecule has 17 heavy (non-hydrogen) atoms. The van der Waals surface area contributed by atoms with E-state index in [9.17, 15) is 0 Å². The second kappa shape index (κ2) is 5.33. The highest BCUT2D eigenvalue weighted by Crippen LogP contribution is 2.17. The molecule has 2 nitrogen and oxygen atoms in total. The van der Waals surface area contributed by atoms with Crippen molar-refractivity contribution in [2.24, 2.45) is 5.41 Å². The number of nitrogens with one attached hydrogen (secondary N) is 1. The molecule has 0 bridgehead atoms. The third kappa shape index (κ3) is 3.57. The van der Waals surface area contributed by atoms with E-state index in [4.69, 9.17) is 5.26 Å².